The van der Waals surface area contributed by atoms with E-state index in [-0.39, 0.29) is 24.3 Å². The van der Waals surface area contributed by atoms with Crippen LogP contribution in [0.4, 0.5) is 17.1 Å². The van der Waals surface area contributed by atoms with Gasteiger partial charge in [0.2, 0.25) is 11.8 Å². The zero-order valence-electron chi connectivity index (χ0n) is 16.9. The van der Waals surface area contributed by atoms with Crippen LogP contribution in [0.15, 0.2) is 48.5 Å². The van der Waals surface area contributed by atoms with Crippen LogP contribution < -0.4 is 20.7 Å². The third-order valence-corrected chi connectivity index (χ3v) is 3.81. The van der Waals surface area contributed by atoms with Crippen LogP contribution in [0.1, 0.15) is 27.7 Å². The Kier molecular flexibility index (Phi) is 7.87. The van der Waals surface area contributed by atoms with Gasteiger partial charge in [-0.15, -0.1) is 0 Å². The van der Waals surface area contributed by atoms with Gasteiger partial charge < -0.3 is 20.7 Å². The summed E-state index contributed by atoms with van der Waals surface area (Å²) in [5, 5.41) is 8.74. The number of amides is 2. The van der Waals surface area contributed by atoms with Crippen LogP contribution in [0.5, 0.6) is 5.75 Å². The zero-order chi connectivity index (χ0) is 20.5. The molecule has 0 spiro atoms. The van der Waals surface area contributed by atoms with E-state index in [9.17, 15) is 9.59 Å². The summed E-state index contributed by atoms with van der Waals surface area (Å²) in [5.41, 5.74) is 2.09. The Bertz CT molecular complexity index is 803. The molecule has 0 radical (unpaired) electrons. The molecule has 0 aromatic heterocycles. The van der Waals surface area contributed by atoms with Crippen molar-refractivity contribution in [2.45, 2.75) is 27.7 Å². The maximum absolute atomic E-state index is 12.2. The minimum absolute atomic E-state index is 0.0651. The average molecular weight is 383 g/mol. The van der Waals surface area contributed by atoms with Gasteiger partial charge in [-0.2, -0.15) is 0 Å². The first kappa shape index (κ1) is 21.3. The van der Waals surface area contributed by atoms with Crippen LogP contribution in [0, 0.1) is 11.8 Å². The van der Waals surface area contributed by atoms with Crippen molar-refractivity contribution in [3.05, 3.63) is 48.5 Å². The lowest BCUT2D eigenvalue weighted by atomic mass is 10.2. The fraction of sp³-hybridized carbons (Fsp3) is 0.364. The first-order valence-electron chi connectivity index (χ1n) is 9.51. The molecule has 3 N–H and O–H groups in total. The highest BCUT2D eigenvalue weighted by Crippen LogP contribution is 2.18. The fourth-order valence-corrected chi connectivity index (χ4v) is 2.31. The van der Waals surface area contributed by atoms with E-state index < -0.39 is 0 Å². The number of nitrogens with one attached hydrogen (secondary N) is 3. The quantitative estimate of drug-likeness (QED) is 0.601. The van der Waals surface area contributed by atoms with Crippen molar-refractivity contribution in [3.8, 4) is 5.75 Å². The number of hydrogen-bond acceptors (Lipinski definition) is 4. The molecule has 2 aromatic carbocycles. The smallest absolute Gasteiger partial charge is 0.243 e. The summed E-state index contributed by atoms with van der Waals surface area (Å²) in [6.45, 7) is 8.61. The molecule has 6 nitrogen and oxygen atoms in total. The molecule has 0 aliphatic rings. The Morgan fingerprint density at radius 3 is 2.21 bits per heavy atom. The molecule has 2 amide bonds. The standard InChI is InChI=1S/C22H29N3O3/c1-15(2)14-28-20-10-6-7-17(12-20)23-13-21(26)24-18-8-5-9-19(11-18)25-22(27)16(3)4/h5-12,15-16,23H,13-14H2,1-4H3,(H,24,26)(H,25,27). The lowest BCUT2D eigenvalue weighted by molar-refractivity contribution is -0.119. The van der Waals surface area contributed by atoms with Crippen LogP contribution in [-0.2, 0) is 9.59 Å². The Labute approximate surface area is 166 Å². The SMILES string of the molecule is CC(C)COc1cccc(NCC(=O)Nc2cccc(NC(=O)C(C)C)c2)c1. The van der Waals surface area contributed by atoms with E-state index in [1.54, 1.807) is 24.3 Å². The molecule has 28 heavy (non-hydrogen) atoms. The molecule has 0 fully saturated rings. The molecule has 0 saturated heterocycles. The van der Waals surface area contributed by atoms with Crippen LogP contribution in [0.2, 0.25) is 0 Å². The van der Waals surface area contributed by atoms with E-state index in [0.29, 0.717) is 23.9 Å². The summed E-state index contributed by atoms with van der Waals surface area (Å²) >= 11 is 0. The van der Waals surface area contributed by atoms with E-state index >= 15 is 0 Å². The summed E-state index contributed by atoms with van der Waals surface area (Å²) < 4.78 is 5.70. The van der Waals surface area contributed by atoms with Crippen LogP contribution in [-0.4, -0.2) is 25.0 Å². The third-order valence-electron chi connectivity index (χ3n) is 3.81. The normalized spacial score (nSPS) is 10.6. The van der Waals surface area contributed by atoms with Crippen molar-refractivity contribution in [1.29, 1.82) is 0 Å². The molecule has 0 unspecified atom stereocenters. The van der Waals surface area contributed by atoms with Gasteiger partial charge in [-0.05, 0) is 36.2 Å². The third kappa shape index (κ3) is 7.31. The van der Waals surface area contributed by atoms with Crippen LogP contribution in [0.3, 0.4) is 0 Å². The van der Waals surface area contributed by atoms with Gasteiger partial charge in [-0.3, -0.25) is 9.59 Å². The monoisotopic (exact) mass is 383 g/mol. The summed E-state index contributed by atoms with van der Waals surface area (Å²) in [5.74, 6) is 0.865. The number of ether oxygens (including phenoxy) is 1. The van der Waals surface area contributed by atoms with Crippen molar-refractivity contribution in [2.24, 2.45) is 11.8 Å². The molecule has 2 rings (SSSR count). The Morgan fingerprint density at radius 2 is 1.54 bits per heavy atom. The highest BCUT2D eigenvalue weighted by atomic mass is 16.5. The summed E-state index contributed by atoms with van der Waals surface area (Å²) in [4.78, 5) is 24.0. The number of hydrogen-bond donors (Lipinski definition) is 3. The topological polar surface area (TPSA) is 79.5 Å². The van der Waals surface area contributed by atoms with Gasteiger partial charge in [0.15, 0.2) is 0 Å². The lowest BCUT2D eigenvalue weighted by Gasteiger charge is -2.12. The maximum Gasteiger partial charge on any atom is 0.243 e. The number of rotatable bonds is 9. The second-order valence-electron chi connectivity index (χ2n) is 7.36. The molecule has 150 valence electrons. The summed E-state index contributed by atoms with van der Waals surface area (Å²) in [6, 6.07) is 14.6. The van der Waals surface area contributed by atoms with Gasteiger partial charge in [0.05, 0.1) is 13.2 Å². The molecule has 0 heterocycles. The van der Waals surface area contributed by atoms with E-state index in [2.05, 4.69) is 29.8 Å². The molecule has 0 atom stereocenters. The molecule has 0 bridgehead atoms. The number of carbonyl (C=O) groups excluding carboxylic acids is 2. The summed E-state index contributed by atoms with van der Waals surface area (Å²) in [6.07, 6.45) is 0. The lowest BCUT2D eigenvalue weighted by Crippen LogP contribution is -2.22. The van der Waals surface area contributed by atoms with Crippen LogP contribution in [0.25, 0.3) is 0 Å². The summed E-state index contributed by atoms with van der Waals surface area (Å²) in [7, 11) is 0. The predicted molar refractivity (Wildman–Crippen MR) is 114 cm³/mol. The molecule has 0 aliphatic carbocycles. The first-order chi connectivity index (χ1) is 13.3. The molecule has 0 saturated carbocycles. The highest BCUT2D eigenvalue weighted by molar-refractivity contribution is 5.96. The van der Waals surface area contributed by atoms with Crippen molar-refractivity contribution in [2.75, 3.05) is 29.1 Å². The second kappa shape index (κ2) is 10.3. The van der Waals surface area contributed by atoms with Crippen molar-refractivity contribution < 1.29 is 14.3 Å². The van der Waals surface area contributed by atoms with E-state index in [0.717, 1.165) is 11.4 Å². The maximum atomic E-state index is 12.2. The van der Waals surface area contributed by atoms with Crippen LogP contribution >= 0.6 is 0 Å². The van der Waals surface area contributed by atoms with Crippen molar-refractivity contribution >= 4 is 28.9 Å². The Morgan fingerprint density at radius 1 is 0.893 bits per heavy atom. The van der Waals surface area contributed by atoms with Crippen molar-refractivity contribution in [3.63, 3.8) is 0 Å². The van der Waals surface area contributed by atoms with Gasteiger partial charge in [-0.25, -0.2) is 0 Å². The zero-order valence-corrected chi connectivity index (χ0v) is 16.9. The molecule has 6 heteroatoms. The number of anilines is 3. The molecular weight excluding hydrogens is 354 g/mol. The largest absolute Gasteiger partial charge is 0.493 e. The Hall–Kier alpha value is -3.02. The minimum atomic E-state index is -0.180. The predicted octanol–water partition coefficient (Wildman–Crippen LogP) is 4.37. The number of carbonyl (C=O) groups is 2. The molecule has 2 aromatic rings. The Balaban J connectivity index is 1.87. The van der Waals surface area contributed by atoms with Gasteiger partial charge in [0, 0.05) is 29.0 Å². The van der Waals surface area contributed by atoms with Crippen molar-refractivity contribution in [1.82, 2.24) is 0 Å². The van der Waals surface area contributed by atoms with Gasteiger partial charge in [0.1, 0.15) is 5.75 Å². The fourth-order valence-electron chi connectivity index (χ4n) is 2.31. The highest BCUT2D eigenvalue weighted by Gasteiger charge is 2.08. The second-order valence-corrected chi connectivity index (χ2v) is 7.36. The average Bonchev–Trinajstić information content (AvgIpc) is 2.65. The minimum Gasteiger partial charge on any atom is -0.493 e. The first-order valence-corrected chi connectivity index (χ1v) is 9.51. The molecule has 0 aliphatic heterocycles. The molecular formula is C22H29N3O3. The van der Waals surface area contributed by atoms with Gasteiger partial charge in [0.25, 0.3) is 0 Å². The number of benzene rings is 2. The van der Waals surface area contributed by atoms with Gasteiger partial charge in [-0.1, -0.05) is 39.8 Å². The van der Waals surface area contributed by atoms with E-state index in [1.165, 1.54) is 0 Å². The van der Waals surface area contributed by atoms with Gasteiger partial charge >= 0.3 is 0 Å². The van der Waals surface area contributed by atoms with E-state index in [1.807, 2.05) is 38.1 Å². The van der Waals surface area contributed by atoms with E-state index in [4.69, 9.17) is 4.74 Å².